The van der Waals surface area contributed by atoms with Gasteiger partial charge in [0.2, 0.25) is 0 Å². The van der Waals surface area contributed by atoms with E-state index >= 15 is 0 Å². The van der Waals surface area contributed by atoms with Gasteiger partial charge in [-0.15, -0.1) is 0 Å². The molecule has 17 heavy (non-hydrogen) atoms. The maximum Gasteiger partial charge on any atom is 0.118 e. The molecular formula is C14H16N2O. The maximum atomic E-state index is 5.69. The Morgan fingerprint density at radius 1 is 1.06 bits per heavy atom. The van der Waals surface area contributed by atoms with E-state index in [9.17, 15) is 0 Å². The lowest BCUT2D eigenvalue weighted by atomic mass is 10.1. The van der Waals surface area contributed by atoms with Crippen LogP contribution < -0.4 is 10.5 Å². The van der Waals surface area contributed by atoms with Crippen LogP contribution in [0.5, 0.6) is 5.75 Å². The van der Waals surface area contributed by atoms with E-state index < -0.39 is 0 Å². The van der Waals surface area contributed by atoms with E-state index in [1.54, 1.807) is 13.3 Å². The third-order valence-corrected chi connectivity index (χ3v) is 2.68. The minimum absolute atomic E-state index is 0.720. The Morgan fingerprint density at radius 2 is 1.76 bits per heavy atom. The lowest BCUT2D eigenvalue weighted by Gasteiger charge is -2.04. The minimum atomic E-state index is 0.720. The van der Waals surface area contributed by atoms with E-state index in [4.69, 9.17) is 10.5 Å². The van der Waals surface area contributed by atoms with Gasteiger partial charge in [0.1, 0.15) is 5.75 Å². The van der Waals surface area contributed by atoms with Gasteiger partial charge < -0.3 is 10.5 Å². The van der Waals surface area contributed by atoms with Gasteiger partial charge in [0, 0.05) is 12.4 Å². The van der Waals surface area contributed by atoms with Crippen LogP contribution in [0, 0.1) is 0 Å². The Hall–Kier alpha value is -2.03. The molecule has 3 nitrogen and oxygen atoms in total. The second kappa shape index (κ2) is 5.34. The van der Waals surface area contributed by atoms with Crippen LogP contribution in [0.2, 0.25) is 0 Å². The predicted molar refractivity (Wildman–Crippen MR) is 69.1 cm³/mol. The third kappa shape index (κ3) is 3.21. The zero-order chi connectivity index (χ0) is 12.1. The lowest BCUT2D eigenvalue weighted by Crippen LogP contribution is -1.94. The van der Waals surface area contributed by atoms with E-state index in [-0.39, 0.29) is 0 Å². The molecule has 2 rings (SSSR count). The average molecular weight is 228 g/mol. The number of methoxy groups -OCH3 is 1. The second-order valence-electron chi connectivity index (χ2n) is 3.97. The summed E-state index contributed by atoms with van der Waals surface area (Å²) in [7, 11) is 1.67. The van der Waals surface area contributed by atoms with Crippen LogP contribution in [0.1, 0.15) is 11.1 Å². The summed E-state index contributed by atoms with van der Waals surface area (Å²) >= 11 is 0. The molecule has 0 atom stereocenters. The summed E-state index contributed by atoms with van der Waals surface area (Å²) in [4.78, 5) is 4.08. The van der Waals surface area contributed by atoms with Gasteiger partial charge in [-0.25, -0.2) is 0 Å². The quantitative estimate of drug-likeness (QED) is 0.874. The second-order valence-corrected chi connectivity index (χ2v) is 3.97. The maximum absolute atomic E-state index is 5.69. The largest absolute Gasteiger partial charge is 0.497 e. The van der Waals surface area contributed by atoms with Crippen molar-refractivity contribution in [2.45, 2.75) is 12.8 Å². The molecule has 3 heteroatoms. The van der Waals surface area contributed by atoms with Crippen LogP contribution in [0.15, 0.2) is 42.7 Å². The average Bonchev–Trinajstić information content (AvgIpc) is 2.37. The number of nitrogens with two attached hydrogens (primary N) is 1. The van der Waals surface area contributed by atoms with Crippen molar-refractivity contribution in [1.82, 2.24) is 4.98 Å². The standard InChI is InChI=1S/C14H16N2O/c1-17-14-6-4-11(5-7-14)2-3-12-8-13(15)10-16-9-12/h4-10H,2-3,15H2,1H3. The van der Waals surface area contributed by atoms with Gasteiger partial charge in [-0.05, 0) is 42.2 Å². The number of pyridine rings is 1. The highest BCUT2D eigenvalue weighted by Crippen LogP contribution is 2.13. The Kier molecular flexibility index (Phi) is 3.60. The molecule has 0 radical (unpaired) electrons. The van der Waals surface area contributed by atoms with E-state index in [0.29, 0.717) is 0 Å². The normalized spacial score (nSPS) is 10.2. The fourth-order valence-corrected chi connectivity index (χ4v) is 1.73. The summed E-state index contributed by atoms with van der Waals surface area (Å²) < 4.78 is 5.12. The summed E-state index contributed by atoms with van der Waals surface area (Å²) in [5.74, 6) is 0.888. The highest BCUT2D eigenvalue weighted by molar-refractivity contribution is 5.37. The first-order chi connectivity index (χ1) is 8.28. The molecule has 0 amide bonds. The van der Waals surface area contributed by atoms with Gasteiger partial charge in [0.15, 0.2) is 0 Å². The Labute approximate surface area is 101 Å². The van der Waals surface area contributed by atoms with E-state index in [1.165, 1.54) is 11.1 Å². The van der Waals surface area contributed by atoms with E-state index in [2.05, 4.69) is 17.1 Å². The first kappa shape index (κ1) is 11.5. The topological polar surface area (TPSA) is 48.1 Å². The van der Waals surface area contributed by atoms with Gasteiger partial charge in [-0.3, -0.25) is 4.98 Å². The smallest absolute Gasteiger partial charge is 0.118 e. The predicted octanol–water partition coefficient (Wildman–Crippen LogP) is 2.46. The molecule has 0 aliphatic carbocycles. The zero-order valence-corrected chi connectivity index (χ0v) is 9.89. The number of rotatable bonds is 4. The van der Waals surface area contributed by atoms with Crippen LogP contribution in [-0.4, -0.2) is 12.1 Å². The lowest BCUT2D eigenvalue weighted by molar-refractivity contribution is 0.414. The summed E-state index contributed by atoms with van der Waals surface area (Å²) in [6, 6.07) is 10.1. The first-order valence-electron chi connectivity index (χ1n) is 5.60. The molecule has 0 aliphatic rings. The molecule has 0 aliphatic heterocycles. The molecule has 2 N–H and O–H groups in total. The number of hydrogen-bond donors (Lipinski definition) is 1. The van der Waals surface area contributed by atoms with Crippen LogP contribution in [0.4, 0.5) is 5.69 Å². The van der Waals surface area contributed by atoms with Gasteiger partial charge in [-0.2, -0.15) is 0 Å². The fourth-order valence-electron chi connectivity index (χ4n) is 1.73. The fraction of sp³-hybridized carbons (Fsp3) is 0.214. The van der Waals surface area contributed by atoms with Crippen molar-refractivity contribution in [1.29, 1.82) is 0 Å². The number of aromatic nitrogens is 1. The molecule has 1 aromatic carbocycles. The van der Waals surface area contributed by atoms with Crippen molar-refractivity contribution in [3.8, 4) is 5.75 Å². The molecule has 0 unspecified atom stereocenters. The summed E-state index contributed by atoms with van der Waals surface area (Å²) in [6.45, 7) is 0. The molecule has 1 heterocycles. The first-order valence-corrected chi connectivity index (χ1v) is 5.60. The van der Waals surface area contributed by atoms with E-state index in [1.807, 2.05) is 24.4 Å². The molecule has 0 saturated heterocycles. The SMILES string of the molecule is COc1ccc(CCc2cncc(N)c2)cc1. The number of aryl methyl sites for hydroxylation is 2. The summed E-state index contributed by atoms with van der Waals surface area (Å²) in [5.41, 5.74) is 8.86. The highest BCUT2D eigenvalue weighted by atomic mass is 16.5. The number of nitrogens with zero attached hydrogens (tertiary/aromatic N) is 1. The van der Waals surface area contributed by atoms with Crippen LogP contribution in [-0.2, 0) is 12.8 Å². The molecule has 0 saturated carbocycles. The molecule has 0 spiro atoms. The van der Waals surface area contributed by atoms with Crippen LogP contribution in [0.3, 0.4) is 0 Å². The van der Waals surface area contributed by atoms with Gasteiger partial charge in [0.05, 0.1) is 12.8 Å². The summed E-state index contributed by atoms with van der Waals surface area (Å²) in [5, 5.41) is 0. The molecule has 0 fully saturated rings. The number of nitrogen functional groups attached to an aromatic ring is 1. The highest BCUT2D eigenvalue weighted by Gasteiger charge is 1.98. The molecule has 1 aromatic heterocycles. The van der Waals surface area contributed by atoms with Crippen LogP contribution >= 0.6 is 0 Å². The zero-order valence-electron chi connectivity index (χ0n) is 9.89. The van der Waals surface area contributed by atoms with Gasteiger partial charge in [0.25, 0.3) is 0 Å². The Balaban J connectivity index is 1.97. The molecule has 0 bridgehead atoms. The molecule has 2 aromatic rings. The number of hydrogen-bond acceptors (Lipinski definition) is 3. The number of ether oxygens (including phenoxy) is 1. The monoisotopic (exact) mass is 228 g/mol. The number of benzene rings is 1. The molecule has 88 valence electrons. The van der Waals surface area contributed by atoms with Crippen LogP contribution in [0.25, 0.3) is 0 Å². The van der Waals surface area contributed by atoms with E-state index in [0.717, 1.165) is 24.3 Å². The van der Waals surface area contributed by atoms with Gasteiger partial charge in [-0.1, -0.05) is 12.1 Å². The Bertz CT molecular complexity index is 480. The van der Waals surface area contributed by atoms with Crippen molar-refractivity contribution >= 4 is 5.69 Å². The van der Waals surface area contributed by atoms with Crippen molar-refractivity contribution in [3.05, 3.63) is 53.9 Å². The van der Waals surface area contributed by atoms with Crippen molar-refractivity contribution in [3.63, 3.8) is 0 Å². The van der Waals surface area contributed by atoms with Crippen molar-refractivity contribution in [2.24, 2.45) is 0 Å². The van der Waals surface area contributed by atoms with Gasteiger partial charge >= 0.3 is 0 Å². The van der Waals surface area contributed by atoms with Crippen molar-refractivity contribution < 1.29 is 4.74 Å². The Morgan fingerprint density at radius 3 is 2.41 bits per heavy atom. The van der Waals surface area contributed by atoms with Crippen molar-refractivity contribution in [2.75, 3.05) is 12.8 Å². The summed E-state index contributed by atoms with van der Waals surface area (Å²) in [6.07, 6.45) is 5.45. The minimum Gasteiger partial charge on any atom is -0.497 e. The number of anilines is 1. The molecular weight excluding hydrogens is 212 g/mol. The third-order valence-electron chi connectivity index (χ3n) is 2.68.